The number of amides is 1. The molecule has 0 saturated heterocycles. The summed E-state index contributed by atoms with van der Waals surface area (Å²) in [6.45, 7) is 5.22. The molecule has 0 unspecified atom stereocenters. The van der Waals surface area contributed by atoms with Crippen LogP contribution in [0.1, 0.15) is 22.3 Å². The second-order valence-electron chi connectivity index (χ2n) is 6.15. The van der Waals surface area contributed by atoms with Gasteiger partial charge in [-0.05, 0) is 31.5 Å². The number of hydrazone groups is 1. The van der Waals surface area contributed by atoms with E-state index in [9.17, 15) is 4.79 Å². The monoisotopic (exact) mass is 370 g/mol. The topological polar surface area (TPSA) is 59.9 Å². The van der Waals surface area contributed by atoms with Crippen LogP contribution in [0.5, 0.6) is 11.5 Å². The molecule has 6 heteroatoms. The Kier molecular flexibility index (Phi) is 6.17. The number of carbonyl (C=O) groups excluding carboxylic acids is 1. The minimum absolute atomic E-state index is 0.127. The molecule has 26 heavy (non-hydrogen) atoms. The minimum Gasteiger partial charge on any atom is -0.486 e. The number of hydrogen-bond acceptors (Lipinski definition) is 5. The van der Waals surface area contributed by atoms with Crippen molar-refractivity contribution in [2.75, 3.05) is 19.0 Å². The van der Waals surface area contributed by atoms with Gasteiger partial charge in [-0.25, -0.2) is 5.43 Å². The van der Waals surface area contributed by atoms with Crippen LogP contribution in [0.3, 0.4) is 0 Å². The number of hydrogen-bond donors (Lipinski definition) is 1. The Labute approximate surface area is 157 Å². The lowest BCUT2D eigenvalue weighted by atomic mass is 10.1. The van der Waals surface area contributed by atoms with Crippen LogP contribution in [-0.4, -0.2) is 31.1 Å². The molecule has 5 nitrogen and oxygen atoms in total. The summed E-state index contributed by atoms with van der Waals surface area (Å²) in [5.41, 5.74) is 7.06. The van der Waals surface area contributed by atoms with Crippen LogP contribution in [0.15, 0.2) is 41.5 Å². The number of fused-ring (bicyclic) bond motifs is 1. The molecule has 3 rings (SSSR count). The van der Waals surface area contributed by atoms with Gasteiger partial charge in [-0.15, -0.1) is 11.8 Å². The fraction of sp³-hybridized carbons (Fsp3) is 0.300. The van der Waals surface area contributed by atoms with Gasteiger partial charge < -0.3 is 9.47 Å². The van der Waals surface area contributed by atoms with Crippen LogP contribution >= 0.6 is 11.8 Å². The van der Waals surface area contributed by atoms with E-state index in [1.807, 2.05) is 18.2 Å². The van der Waals surface area contributed by atoms with E-state index in [4.69, 9.17) is 9.47 Å². The molecule has 0 saturated carbocycles. The van der Waals surface area contributed by atoms with Crippen molar-refractivity contribution >= 4 is 23.9 Å². The maximum atomic E-state index is 11.9. The predicted octanol–water partition coefficient (Wildman–Crippen LogP) is 3.46. The molecular weight excluding hydrogens is 348 g/mol. The third-order valence-electron chi connectivity index (χ3n) is 3.77. The summed E-state index contributed by atoms with van der Waals surface area (Å²) in [7, 11) is 0. The predicted molar refractivity (Wildman–Crippen MR) is 105 cm³/mol. The highest BCUT2D eigenvalue weighted by Gasteiger charge is 2.14. The Morgan fingerprint density at radius 2 is 1.96 bits per heavy atom. The van der Waals surface area contributed by atoms with Gasteiger partial charge >= 0.3 is 0 Å². The van der Waals surface area contributed by atoms with Crippen LogP contribution in [0.4, 0.5) is 0 Å². The maximum Gasteiger partial charge on any atom is 0.250 e. The van der Waals surface area contributed by atoms with Crippen molar-refractivity contribution in [3.8, 4) is 11.5 Å². The van der Waals surface area contributed by atoms with Crippen molar-refractivity contribution < 1.29 is 14.3 Å². The SMILES string of the molecule is Cc1cc(C)cc(CSCC(=O)N/N=C/c2cccc3c2OCCO3)c1. The lowest BCUT2D eigenvalue weighted by molar-refractivity contribution is -0.118. The second-order valence-corrected chi connectivity index (χ2v) is 7.14. The van der Waals surface area contributed by atoms with E-state index in [0.717, 1.165) is 11.3 Å². The standard InChI is InChI=1S/C20H22N2O3S/c1-14-8-15(2)10-16(9-14)12-26-13-19(23)22-21-11-17-4-3-5-18-20(17)25-7-6-24-18/h3-5,8-11H,6-7,12-13H2,1-2H3,(H,22,23)/b21-11+. The van der Waals surface area contributed by atoms with E-state index in [2.05, 4.69) is 42.6 Å². The molecule has 1 N–H and O–H groups in total. The molecule has 1 heterocycles. The molecule has 0 bridgehead atoms. The van der Waals surface area contributed by atoms with Crippen molar-refractivity contribution in [2.24, 2.45) is 5.10 Å². The summed E-state index contributed by atoms with van der Waals surface area (Å²) in [5.74, 6) is 2.41. The number of rotatable bonds is 6. The fourth-order valence-electron chi connectivity index (χ4n) is 2.82. The van der Waals surface area contributed by atoms with Gasteiger partial charge in [0.25, 0.3) is 0 Å². The molecule has 0 fully saturated rings. The lowest BCUT2D eigenvalue weighted by Crippen LogP contribution is -2.20. The smallest absolute Gasteiger partial charge is 0.250 e. The summed E-state index contributed by atoms with van der Waals surface area (Å²) in [6, 6.07) is 12.0. The van der Waals surface area contributed by atoms with Crippen LogP contribution in [-0.2, 0) is 10.5 Å². The maximum absolute atomic E-state index is 11.9. The number of carbonyl (C=O) groups is 1. The molecule has 1 aliphatic rings. The van der Waals surface area contributed by atoms with Crippen molar-refractivity contribution in [1.29, 1.82) is 0 Å². The quantitative estimate of drug-likeness (QED) is 0.625. The van der Waals surface area contributed by atoms with E-state index >= 15 is 0 Å². The van der Waals surface area contributed by atoms with Gasteiger partial charge in [0.1, 0.15) is 13.2 Å². The molecule has 0 spiro atoms. The number of nitrogens with zero attached hydrogens (tertiary/aromatic N) is 1. The number of nitrogens with one attached hydrogen (secondary N) is 1. The van der Waals surface area contributed by atoms with Crippen LogP contribution < -0.4 is 14.9 Å². The fourth-order valence-corrected chi connectivity index (χ4v) is 3.57. The van der Waals surface area contributed by atoms with Crippen LogP contribution in [0, 0.1) is 13.8 Å². The van der Waals surface area contributed by atoms with E-state index in [-0.39, 0.29) is 5.91 Å². The molecule has 2 aromatic rings. The first kappa shape index (κ1) is 18.3. The Morgan fingerprint density at radius 1 is 1.19 bits per heavy atom. The van der Waals surface area contributed by atoms with E-state index < -0.39 is 0 Å². The number of para-hydroxylation sites is 1. The number of benzene rings is 2. The van der Waals surface area contributed by atoms with Gasteiger partial charge in [0.05, 0.1) is 12.0 Å². The zero-order valence-electron chi connectivity index (χ0n) is 15.0. The van der Waals surface area contributed by atoms with Crippen molar-refractivity contribution in [3.05, 3.63) is 58.7 Å². The molecular formula is C20H22N2O3S. The van der Waals surface area contributed by atoms with Crippen molar-refractivity contribution in [3.63, 3.8) is 0 Å². The molecule has 1 amide bonds. The summed E-state index contributed by atoms with van der Waals surface area (Å²) < 4.78 is 11.1. The van der Waals surface area contributed by atoms with E-state index in [0.29, 0.717) is 30.5 Å². The highest BCUT2D eigenvalue weighted by atomic mass is 32.2. The molecule has 0 radical (unpaired) electrons. The largest absolute Gasteiger partial charge is 0.486 e. The number of thioether (sulfide) groups is 1. The van der Waals surface area contributed by atoms with Gasteiger partial charge in [-0.2, -0.15) is 5.10 Å². The summed E-state index contributed by atoms with van der Waals surface area (Å²) in [4.78, 5) is 11.9. The molecule has 1 aliphatic heterocycles. The Balaban J connectivity index is 1.48. The first-order chi connectivity index (χ1) is 12.6. The minimum atomic E-state index is -0.127. The Bertz CT molecular complexity index is 800. The summed E-state index contributed by atoms with van der Waals surface area (Å²) >= 11 is 1.57. The molecule has 136 valence electrons. The lowest BCUT2D eigenvalue weighted by Gasteiger charge is -2.19. The molecule has 2 aromatic carbocycles. The van der Waals surface area contributed by atoms with Gasteiger partial charge in [0.15, 0.2) is 11.5 Å². The first-order valence-corrected chi connectivity index (χ1v) is 9.63. The molecule has 0 aromatic heterocycles. The zero-order chi connectivity index (χ0) is 18.4. The van der Waals surface area contributed by atoms with Crippen molar-refractivity contribution in [1.82, 2.24) is 5.43 Å². The average molecular weight is 370 g/mol. The van der Waals surface area contributed by atoms with Gasteiger partial charge in [0, 0.05) is 11.3 Å². The Hall–Kier alpha value is -2.47. The third kappa shape index (κ3) is 5.02. The van der Waals surface area contributed by atoms with Crippen LogP contribution in [0.2, 0.25) is 0 Å². The second kappa shape index (κ2) is 8.76. The van der Waals surface area contributed by atoms with Gasteiger partial charge in [0.2, 0.25) is 5.91 Å². The highest BCUT2D eigenvalue weighted by Crippen LogP contribution is 2.32. The number of ether oxygens (including phenoxy) is 2. The first-order valence-electron chi connectivity index (χ1n) is 8.47. The van der Waals surface area contributed by atoms with Gasteiger partial charge in [-0.3, -0.25) is 4.79 Å². The van der Waals surface area contributed by atoms with Gasteiger partial charge in [-0.1, -0.05) is 35.4 Å². The third-order valence-corrected chi connectivity index (χ3v) is 4.78. The highest BCUT2D eigenvalue weighted by molar-refractivity contribution is 7.99. The van der Waals surface area contributed by atoms with E-state index in [1.165, 1.54) is 16.7 Å². The Morgan fingerprint density at radius 3 is 2.77 bits per heavy atom. The van der Waals surface area contributed by atoms with Crippen LogP contribution in [0.25, 0.3) is 0 Å². The summed E-state index contributed by atoms with van der Waals surface area (Å²) in [5, 5.41) is 4.03. The zero-order valence-corrected chi connectivity index (χ0v) is 15.8. The summed E-state index contributed by atoms with van der Waals surface area (Å²) in [6.07, 6.45) is 1.58. The van der Waals surface area contributed by atoms with E-state index in [1.54, 1.807) is 18.0 Å². The number of aryl methyl sites for hydroxylation is 2. The molecule has 0 atom stereocenters. The molecule has 0 aliphatic carbocycles. The van der Waals surface area contributed by atoms with Crippen molar-refractivity contribution in [2.45, 2.75) is 19.6 Å². The normalized spacial score (nSPS) is 13.0. The average Bonchev–Trinajstić information content (AvgIpc) is 2.61.